The zero-order valence-electron chi connectivity index (χ0n) is 11.5. The molecule has 1 amide bonds. The topological polar surface area (TPSA) is 99.2 Å². The average Bonchev–Trinajstić information content (AvgIpc) is 2.90. The third-order valence-corrected chi connectivity index (χ3v) is 2.84. The van der Waals surface area contributed by atoms with Gasteiger partial charge < -0.3 is 15.8 Å². The summed E-state index contributed by atoms with van der Waals surface area (Å²) in [7, 11) is 1.28. The quantitative estimate of drug-likeness (QED) is 0.780. The normalized spacial score (nSPS) is 11.7. The van der Waals surface area contributed by atoms with E-state index >= 15 is 0 Å². The lowest BCUT2D eigenvalue weighted by Gasteiger charge is -2.16. The summed E-state index contributed by atoms with van der Waals surface area (Å²) < 4.78 is 6.12. The number of hydrogen-bond donors (Lipinski definition) is 2. The first-order valence-electron chi connectivity index (χ1n) is 6.31. The van der Waals surface area contributed by atoms with Crippen molar-refractivity contribution in [2.75, 3.05) is 12.8 Å². The number of anilines is 1. The van der Waals surface area contributed by atoms with Gasteiger partial charge in [0.2, 0.25) is 5.91 Å². The molecule has 0 aliphatic carbocycles. The number of ether oxygens (including phenoxy) is 1. The zero-order valence-corrected chi connectivity index (χ0v) is 11.5. The van der Waals surface area contributed by atoms with Crippen LogP contribution in [0.1, 0.15) is 11.6 Å². The van der Waals surface area contributed by atoms with Crippen molar-refractivity contribution in [2.24, 2.45) is 0 Å². The highest BCUT2D eigenvalue weighted by atomic mass is 16.5. The van der Waals surface area contributed by atoms with Gasteiger partial charge in [0.25, 0.3) is 0 Å². The molecule has 1 heterocycles. The van der Waals surface area contributed by atoms with Crippen molar-refractivity contribution in [3.8, 4) is 0 Å². The van der Waals surface area contributed by atoms with E-state index in [4.69, 9.17) is 10.5 Å². The van der Waals surface area contributed by atoms with Gasteiger partial charge in [0, 0.05) is 6.20 Å². The summed E-state index contributed by atoms with van der Waals surface area (Å²) in [6, 6.07) is 9.62. The van der Waals surface area contributed by atoms with Crippen LogP contribution in [0.3, 0.4) is 0 Å². The SMILES string of the molecule is COC(=O)C(NC(=O)Cn1ccc(N)n1)c1ccccc1. The van der Waals surface area contributed by atoms with E-state index in [-0.39, 0.29) is 12.5 Å². The number of nitrogens with one attached hydrogen (secondary N) is 1. The second kappa shape index (κ2) is 6.56. The Hall–Kier alpha value is -2.83. The van der Waals surface area contributed by atoms with Gasteiger partial charge in [-0.05, 0) is 11.6 Å². The van der Waals surface area contributed by atoms with Crippen LogP contribution in [0.5, 0.6) is 0 Å². The number of benzene rings is 1. The monoisotopic (exact) mass is 288 g/mol. The Morgan fingerprint density at radius 2 is 2.05 bits per heavy atom. The van der Waals surface area contributed by atoms with Gasteiger partial charge in [-0.2, -0.15) is 5.10 Å². The maximum Gasteiger partial charge on any atom is 0.333 e. The summed E-state index contributed by atoms with van der Waals surface area (Å²) in [6.07, 6.45) is 1.59. The van der Waals surface area contributed by atoms with Crippen LogP contribution in [0.2, 0.25) is 0 Å². The van der Waals surface area contributed by atoms with Gasteiger partial charge in [0.15, 0.2) is 6.04 Å². The fourth-order valence-electron chi connectivity index (χ4n) is 1.86. The molecule has 1 atom stereocenters. The van der Waals surface area contributed by atoms with Gasteiger partial charge in [0.05, 0.1) is 7.11 Å². The van der Waals surface area contributed by atoms with Crippen molar-refractivity contribution in [3.05, 3.63) is 48.2 Å². The summed E-state index contributed by atoms with van der Waals surface area (Å²) in [5.74, 6) is -0.567. The summed E-state index contributed by atoms with van der Waals surface area (Å²) in [5.41, 5.74) is 6.13. The van der Waals surface area contributed by atoms with E-state index < -0.39 is 12.0 Å². The summed E-state index contributed by atoms with van der Waals surface area (Å²) in [5, 5.41) is 6.54. The molecular formula is C14H16N4O3. The van der Waals surface area contributed by atoms with Crippen LogP contribution in [0.4, 0.5) is 5.82 Å². The van der Waals surface area contributed by atoms with Crippen LogP contribution >= 0.6 is 0 Å². The fourth-order valence-corrected chi connectivity index (χ4v) is 1.86. The van der Waals surface area contributed by atoms with Gasteiger partial charge in [0.1, 0.15) is 12.4 Å². The minimum atomic E-state index is -0.850. The first-order valence-corrected chi connectivity index (χ1v) is 6.31. The zero-order chi connectivity index (χ0) is 15.2. The van der Waals surface area contributed by atoms with Crippen molar-refractivity contribution in [1.82, 2.24) is 15.1 Å². The van der Waals surface area contributed by atoms with Crippen LogP contribution in [-0.2, 0) is 20.9 Å². The van der Waals surface area contributed by atoms with Gasteiger partial charge in [-0.25, -0.2) is 4.79 Å². The van der Waals surface area contributed by atoms with Gasteiger partial charge >= 0.3 is 5.97 Å². The van der Waals surface area contributed by atoms with Crippen molar-refractivity contribution in [1.29, 1.82) is 0 Å². The summed E-state index contributed by atoms with van der Waals surface area (Å²) >= 11 is 0. The Bertz CT molecular complexity index is 624. The number of carbonyl (C=O) groups excluding carboxylic acids is 2. The molecule has 110 valence electrons. The van der Waals surface area contributed by atoms with E-state index in [2.05, 4.69) is 10.4 Å². The Morgan fingerprint density at radius 3 is 2.62 bits per heavy atom. The molecule has 21 heavy (non-hydrogen) atoms. The second-order valence-electron chi connectivity index (χ2n) is 4.37. The Morgan fingerprint density at radius 1 is 1.33 bits per heavy atom. The molecule has 1 unspecified atom stereocenters. The van der Waals surface area contributed by atoms with Crippen molar-refractivity contribution < 1.29 is 14.3 Å². The molecule has 0 saturated heterocycles. The molecular weight excluding hydrogens is 272 g/mol. The lowest BCUT2D eigenvalue weighted by Crippen LogP contribution is -2.36. The maximum atomic E-state index is 12.0. The molecule has 0 spiro atoms. The molecule has 7 heteroatoms. The predicted octanol–water partition coefficient (Wildman–Crippen LogP) is 0.496. The van der Waals surface area contributed by atoms with Crippen LogP contribution in [0.25, 0.3) is 0 Å². The largest absolute Gasteiger partial charge is 0.467 e. The number of nitrogens with zero attached hydrogens (tertiary/aromatic N) is 2. The molecule has 2 aromatic rings. The van der Waals surface area contributed by atoms with E-state index in [9.17, 15) is 9.59 Å². The van der Waals surface area contributed by atoms with Crippen LogP contribution in [0.15, 0.2) is 42.6 Å². The van der Waals surface area contributed by atoms with E-state index in [1.54, 1.807) is 36.5 Å². The first-order chi connectivity index (χ1) is 10.1. The highest BCUT2D eigenvalue weighted by Gasteiger charge is 2.23. The van der Waals surface area contributed by atoms with Gasteiger partial charge in [-0.3, -0.25) is 9.48 Å². The van der Waals surface area contributed by atoms with Crippen LogP contribution < -0.4 is 11.1 Å². The maximum absolute atomic E-state index is 12.0. The Balaban J connectivity index is 2.08. The van der Waals surface area contributed by atoms with Gasteiger partial charge in [-0.15, -0.1) is 0 Å². The fraction of sp³-hybridized carbons (Fsp3) is 0.214. The first kappa shape index (κ1) is 14.6. The Labute approximate surface area is 121 Å². The second-order valence-corrected chi connectivity index (χ2v) is 4.37. The predicted molar refractivity (Wildman–Crippen MR) is 76.0 cm³/mol. The van der Waals surface area contributed by atoms with Crippen molar-refractivity contribution in [2.45, 2.75) is 12.6 Å². The number of nitrogens with two attached hydrogens (primary N) is 1. The molecule has 0 radical (unpaired) electrons. The molecule has 2 rings (SSSR count). The molecule has 0 fully saturated rings. The average molecular weight is 288 g/mol. The smallest absolute Gasteiger partial charge is 0.333 e. The third-order valence-electron chi connectivity index (χ3n) is 2.84. The number of esters is 1. The molecule has 1 aromatic carbocycles. The number of rotatable bonds is 5. The molecule has 3 N–H and O–H groups in total. The number of amides is 1. The Kier molecular flexibility index (Phi) is 4.55. The van der Waals surface area contributed by atoms with E-state index in [1.807, 2.05) is 6.07 Å². The summed E-state index contributed by atoms with van der Waals surface area (Å²) in [6.45, 7) is -0.0302. The van der Waals surface area contributed by atoms with Crippen molar-refractivity contribution >= 4 is 17.7 Å². The minimum Gasteiger partial charge on any atom is -0.467 e. The lowest BCUT2D eigenvalue weighted by atomic mass is 10.1. The highest BCUT2D eigenvalue weighted by Crippen LogP contribution is 2.14. The summed E-state index contributed by atoms with van der Waals surface area (Å²) in [4.78, 5) is 23.8. The molecule has 0 saturated carbocycles. The standard InChI is InChI=1S/C14H16N4O3/c1-21-14(20)13(10-5-3-2-4-6-10)16-12(19)9-18-8-7-11(15)17-18/h2-8,13H,9H2,1H3,(H2,15,17)(H,16,19). The van der Waals surface area contributed by atoms with Crippen molar-refractivity contribution in [3.63, 3.8) is 0 Å². The molecule has 7 nitrogen and oxygen atoms in total. The number of carbonyl (C=O) groups is 2. The molecule has 0 bridgehead atoms. The minimum absolute atomic E-state index is 0.0302. The third kappa shape index (κ3) is 3.82. The van der Waals surface area contributed by atoms with Gasteiger partial charge in [-0.1, -0.05) is 30.3 Å². The number of hydrogen-bond acceptors (Lipinski definition) is 5. The highest BCUT2D eigenvalue weighted by molar-refractivity contribution is 5.85. The molecule has 0 aliphatic heterocycles. The van der Waals surface area contributed by atoms with E-state index in [0.717, 1.165) is 0 Å². The lowest BCUT2D eigenvalue weighted by molar-refractivity contribution is -0.145. The van der Waals surface area contributed by atoms with E-state index in [1.165, 1.54) is 11.8 Å². The van der Waals surface area contributed by atoms with E-state index in [0.29, 0.717) is 11.4 Å². The number of aromatic nitrogens is 2. The molecule has 1 aromatic heterocycles. The van der Waals surface area contributed by atoms with Crippen LogP contribution in [0, 0.1) is 0 Å². The van der Waals surface area contributed by atoms with Crippen LogP contribution in [-0.4, -0.2) is 28.8 Å². The molecule has 0 aliphatic rings. The number of nitrogen functional groups attached to an aromatic ring is 1. The number of methoxy groups -OCH3 is 1.